The van der Waals surface area contributed by atoms with Gasteiger partial charge in [0.2, 0.25) is 0 Å². The van der Waals surface area contributed by atoms with Crippen LogP contribution in [0.25, 0.3) is 0 Å². The van der Waals surface area contributed by atoms with E-state index in [0.29, 0.717) is 0 Å². The maximum atomic E-state index is 10.4. The van der Waals surface area contributed by atoms with Gasteiger partial charge in [0.05, 0.1) is 11.1 Å². The van der Waals surface area contributed by atoms with Crippen LogP contribution in [-0.4, -0.2) is 98.1 Å². The van der Waals surface area contributed by atoms with Crippen molar-refractivity contribution in [2.75, 3.05) is 0 Å². The number of carbonyl (C=O) groups is 4. The number of hydrogen-bond donors (Lipinski definition) is 4. The van der Waals surface area contributed by atoms with E-state index in [-0.39, 0.29) is 127 Å². The summed E-state index contributed by atoms with van der Waals surface area (Å²) in [7, 11) is 0. The van der Waals surface area contributed by atoms with Crippen LogP contribution >= 0.6 is 0 Å². The minimum atomic E-state index is -1.34. The van der Waals surface area contributed by atoms with Crippen LogP contribution < -0.4 is 51.4 Å². The van der Waals surface area contributed by atoms with E-state index < -0.39 is 35.3 Å². The second-order valence-electron chi connectivity index (χ2n) is 4.02. The van der Waals surface area contributed by atoms with Crippen molar-refractivity contribution in [3.8, 4) is 0 Å². The molecule has 0 saturated carbocycles. The summed E-state index contributed by atoms with van der Waals surface area (Å²) in [4.78, 5) is 48.5. The minimum absolute atomic E-state index is 0. The number of aromatic nitrogens is 2. The Kier molecular flexibility index (Phi) is 58.3. The van der Waals surface area contributed by atoms with Gasteiger partial charge in [0, 0.05) is 12.4 Å². The Morgan fingerprint density at radius 2 is 0.765 bits per heavy atom. The summed E-state index contributed by atoms with van der Waals surface area (Å²) in [6.45, 7) is 0. The molecule has 0 amide bonds. The van der Waals surface area contributed by atoms with Gasteiger partial charge in [-0.1, -0.05) is 0 Å². The predicted octanol–water partition coefficient (Wildman–Crippen LogP) is -8.64. The van der Waals surface area contributed by atoms with Gasteiger partial charge in [-0.2, -0.15) is 0 Å². The van der Waals surface area contributed by atoms with Crippen LogP contribution in [0.4, 0.5) is 0 Å². The third kappa shape index (κ3) is 19.6. The monoisotopic (exact) mass is 623 g/mol. The first-order valence-electron chi connectivity index (χ1n) is 6.09. The van der Waals surface area contributed by atoms with Crippen molar-refractivity contribution in [3.63, 3.8) is 0 Å². The molecule has 34 heavy (non-hydrogen) atoms. The summed E-state index contributed by atoms with van der Waals surface area (Å²) in [5.74, 6) is -5.26. The van der Waals surface area contributed by atoms with Crippen molar-refractivity contribution in [3.05, 3.63) is 59.2 Å². The molecule has 0 spiro atoms. The molecule has 20 N–H and O–H groups in total. The van der Waals surface area contributed by atoms with Gasteiger partial charge in [-0.15, -0.1) is 0 Å². The Balaban J connectivity index is -0.0000000327. The molecule has 18 nitrogen and oxygen atoms in total. The van der Waals surface area contributed by atoms with Crippen molar-refractivity contribution in [1.82, 2.24) is 9.97 Å². The zero-order valence-corrected chi connectivity index (χ0v) is 21.8. The molecule has 2 aromatic rings. The van der Waals surface area contributed by atoms with Gasteiger partial charge >= 0.3 is 95.7 Å². The first-order valence-corrected chi connectivity index (χ1v) is 6.09. The minimum Gasteiger partial charge on any atom is -0.478 e. The fourth-order valence-electron chi connectivity index (χ4n) is 1.50. The van der Waals surface area contributed by atoms with E-state index in [1.54, 1.807) is 0 Å². The molecule has 2 heterocycles. The molecular formula is C14H26KN2O16Pd+3. The van der Waals surface area contributed by atoms with Crippen LogP contribution in [0, 0.1) is 0 Å². The van der Waals surface area contributed by atoms with Crippen LogP contribution in [0.5, 0.6) is 0 Å². The maximum Gasteiger partial charge on any atom is 2.00 e. The molecule has 2 rings (SSSR count). The van der Waals surface area contributed by atoms with Gasteiger partial charge in [0.1, 0.15) is 0 Å². The Morgan fingerprint density at radius 3 is 0.912 bits per heavy atom. The number of nitrogens with zero attached hydrogens (tertiary/aromatic N) is 2. The normalized spacial score (nSPS) is 6.59. The number of rotatable bonds is 4. The first-order chi connectivity index (χ1) is 11.3. The van der Waals surface area contributed by atoms with Gasteiger partial charge in [-0.05, 0) is 24.3 Å². The summed E-state index contributed by atoms with van der Waals surface area (Å²) in [6.07, 6.45) is 2.46. The number of pyridine rings is 2. The van der Waals surface area contributed by atoms with Crippen LogP contribution in [-0.2, 0) is 20.4 Å². The van der Waals surface area contributed by atoms with Crippen molar-refractivity contribution < 1.29 is 155 Å². The fourth-order valence-corrected chi connectivity index (χ4v) is 1.50. The van der Waals surface area contributed by atoms with Gasteiger partial charge in [0.25, 0.3) is 0 Å². The van der Waals surface area contributed by atoms with Crippen LogP contribution in [0.2, 0.25) is 0 Å². The third-order valence-electron chi connectivity index (χ3n) is 2.48. The zero-order valence-electron chi connectivity index (χ0n) is 17.1. The maximum absolute atomic E-state index is 10.4. The van der Waals surface area contributed by atoms with E-state index in [0.717, 1.165) is 0 Å². The zero-order chi connectivity index (χ0) is 18.3. The molecule has 0 fully saturated rings. The topological polar surface area (TPSA) is 427 Å². The van der Waals surface area contributed by atoms with E-state index in [2.05, 4.69) is 9.97 Å². The summed E-state index contributed by atoms with van der Waals surface area (Å²) in [5.41, 5.74) is -1.48. The molecule has 0 atom stereocenters. The van der Waals surface area contributed by atoms with Crippen LogP contribution in [0.3, 0.4) is 0 Å². The average Bonchev–Trinajstić information content (AvgIpc) is 2.55. The molecule has 0 unspecified atom stereocenters. The molecule has 0 bridgehead atoms. The Bertz CT molecular complexity index is 692. The molecule has 0 saturated heterocycles. The van der Waals surface area contributed by atoms with Crippen molar-refractivity contribution in [1.29, 1.82) is 0 Å². The van der Waals surface area contributed by atoms with E-state index >= 15 is 0 Å². The number of hydrogen-bond acceptors (Lipinski definition) is 6. The molecule has 196 valence electrons. The average molecular weight is 624 g/mol. The Labute approximate surface area is 246 Å². The van der Waals surface area contributed by atoms with Gasteiger partial charge in [0.15, 0.2) is 11.4 Å². The number of carboxylic acid groups (broad SMARTS) is 4. The van der Waals surface area contributed by atoms with Crippen molar-refractivity contribution in [2.45, 2.75) is 0 Å². The van der Waals surface area contributed by atoms with Gasteiger partial charge < -0.3 is 64.2 Å². The molecule has 0 aliphatic carbocycles. The largest absolute Gasteiger partial charge is 2.00 e. The Morgan fingerprint density at radius 1 is 0.529 bits per heavy atom. The fraction of sp³-hybridized carbons (Fsp3) is 0. The smallest absolute Gasteiger partial charge is 0.478 e. The molecular weight excluding hydrogens is 598 g/mol. The summed E-state index contributed by atoms with van der Waals surface area (Å²) in [6, 6.07) is 5.13. The summed E-state index contributed by atoms with van der Waals surface area (Å²) >= 11 is 0. The molecule has 2 aromatic heterocycles. The molecule has 20 heteroatoms. The predicted molar refractivity (Wildman–Crippen MR) is 105 cm³/mol. The number of aromatic carboxylic acids is 4. The second kappa shape index (κ2) is 31.2. The van der Waals surface area contributed by atoms with E-state index in [4.69, 9.17) is 20.4 Å². The third-order valence-corrected chi connectivity index (χ3v) is 2.48. The van der Waals surface area contributed by atoms with E-state index in [1.807, 2.05) is 0 Å². The van der Waals surface area contributed by atoms with Crippen molar-refractivity contribution >= 4 is 23.9 Å². The summed E-state index contributed by atoms with van der Waals surface area (Å²) in [5, 5.41) is 34.0. The quantitative estimate of drug-likeness (QED) is 0.233. The van der Waals surface area contributed by atoms with Crippen LogP contribution in [0.15, 0.2) is 36.7 Å². The van der Waals surface area contributed by atoms with Gasteiger partial charge in [-0.25, -0.2) is 29.1 Å². The molecule has 0 radical (unpaired) electrons. The standard InChI is InChI=1S/2C7H5NO4.K.8H2O.Pd/c2*9-6(10)4-2-1-3-8-5(4)7(11)12;;;;;;;;;;/h2*1-3H,(H,9,10)(H,11,12);;8*1H2;/q;;+1;;;;;;;;;+2. The van der Waals surface area contributed by atoms with Crippen molar-refractivity contribution in [2.24, 2.45) is 0 Å². The number of carboxylic acids is 4. The molecule has 0 aliphatic rings. The van der Waals surface area contributed by atoms with Crippen LogP contribution in [0.1, 0.15) is 41.7 Å². The second-order valence-corrected chi connectivity index (χ2v) is 4.02. The van der Waals surface area contributed by atoms with E-state index in [9.17, 15) is 19.2 Å². The van der Waals surface area contributed by atoms with E-state index in [1.165, 1.54) is 36.7 Å². The van der Waals surface area contributed by atoms with Gasteiger partial charge in [-0.3, -0.25) is 0 Å². The Hall–Kier alpha value is -1.84. The first kappa shape index (κ1) is 63.6. The summed E-state index contributed by atoms with van der Waals surface area (Å²) < 4.78 is 0. The SMILES string of the molecule is O.O.O.O.O.O.O.O.O=C(O)c1cccnc1C(=O)O.O=C(O)c1cccnc1C(=O)O.[K+].[Pd+2]. The molecule has 0 aromatic carbocycles. The molecule has 0 aliphatic heterocycles.